The van der Waals surface area contributed by atoms with Crippen molar-refractivity contribution in [2.45, 2.75) is 77.4 Å². The highest BCUT2D eigenvalue weighted by atomic mass is 16.2. The van der Waals surface area contributed by atoms with Crippen LogP contribution in [-0.2, 0) is 4.79 Å². The van der Waals surface area contributed by atoms with E-state index in [2.05, 4.69) is 50.6 Å². The molecule has 0 radical (unpaired) electrons. The highest BCUT2D eigenvalue weighted by Crippen LogP contribution is 2.32. The quantitative estimate of drug-likeness (QED) is 0.723. The maximum atomic E-state index is 12.7. The molecule has 0 aromatic heterocycles. The molecule has 2 fully saturated rings. The van der Waals surface area contributed by atoms with Gasteiger partial charge in [0.1, 0.15) is 0 Å². The van der Waals surface area contributed by atoms with Crippen molar-refractivity contribution >= 4 is 5.91 Å². The van der Waals surface area contributed by atoms with Gasteiger partial charge in [-0.3, -0.25) is 4.79 Å². The smallest absolute Gasteiger partial charge is 0.226 e. The van der Waals surface area contributed by atoms with Gasteiger partial charge in [-0.2, -0.15) is 0 Å². The van der Waals surface area contributed by atoms with Crippen LogP contribution in [0.1, 0.15) is 60.3 Å². The molecule has 2 saturated heterocycles. The molecule has 4 nitrogen and oxygen atoms in total. The first-order valence-corrected chi connectivity index (χ1v) is 7.93. The Morgan fingerprint density at radius 3 is 2.00 bits per heavy atom. The number of hydrogen-bond acceptors (Lipinski definition) is 3. The fourth-order valence-corrected chi connectivity index (χ4v) is 3.99. The van der Waals surface area contributed by atoms with E-state index in [0.29, 0.717) is 0 Å². The van der Waals surface area contributed by atoms with Crippen molar-refractivity contribution in [3.8, 4) is 0 Å². The first kappa shape index (κ1) is 15.8. The molecule has 1 amide bonds. The van der Waals surface area contributed by atoms with E-state index in [4.69, 9.17) is 0 Å². The average molecular weight is 281 g/mol. The molecule has 0 spiro atoms. The summed E-state index contributed by atoms with van der Waals surface area (Å²) in [5, 5.41) is 10.3. The van der Waals surface area contributed by atoms with Crippen molar-refractivity contribution in [1.82, 2.24) is 16.0 Å². The van der Waals surface area contributed by atoms with Gasteiger partial charge >= 0.3 is 0 Å². The van der Waals surface area contributed by atoms with E-state index < -0.39 is 0 Å². The first-order chi connectivity index (χ1) is 9.12. The number of piperidine rings is 2. The summed E-state index contributed by atoms with van der Waals surface area (Å²) in [5.41, 5.74) is -0.0339. The van der Waals surface area contributed by atoms with Crippen molar-refractivity contribution in [3.63, 3.8) is 0 Å². The van der Waals surface area contributed by atoms with Crippen LogP contribution < -0.4 is 16.0 Å². The van der Waals surface area contributed by atoms with E-state index in [-0.39, 0.29) is 28.4 Å². The molecule has 0 atom stereocenters. The van der Waals surface area contributed by atoms with E-state index in [1.807, 2.05) is 0 Å². The third-order valence-electron chi connectivity index (χ3n) is 4.78. The Kier molecular flexibility index (Phi) is 4.18. The minimum absolute atomic E-state index is 0.0781. The van der Waals surface area contributed by atoms with Crippen molar-refractivity contribution < 1.29 is 4.79 Å². The minimum atomic E-state index is -0.190. The summed E-state index contributed by atoms with van der Waals surface area (Å²) < 4.78 is 0. The number of carbonyl (C=O) groups is 1. The highest BCUT2D eigenvalue weighted by molar-refractivity contribution is 5.82. The van der Waals surface area contributed by atoms with Gasteiger partial charge < -0.3 is 16.0 Å². The summed E-state index contributed by atoms with van der Waals surface area (Å²) in [4.78, 5) is 12.7. The largest absolute Gasteiger partial charge is 0.353 e. The second-order valence-electron chi connectivity index (χ2n) is 8.28. The Labute approximate surface area is 123 Å². The molecule has 0 aliphatic carbocycles. The summed E-state index contributed by atoms with van der Waals surface area (Å²) in [5.74, 6) is 0.248. The third kappa shape index (κ3) is 3.73. The molecule has 2 aliphatic rings. The Morgan fingerprint density at radius 2 is 1.50 bits per heavy atom. The molecule has 2 rings (SSSR count). The lowest BCUT2D eigenvalue weighted by Gasteiger charge is -2.47. The van der Waals surface area contributed by atoms with Gasteiger partial charge in [0.25, 0.3) is 0 Å². The van der Waals surface area contributed by atoms with Crippen LogP contribution in [0.25, 0.3) is 0 Å². The molecule has 0 bridgehead atoms. The standard InChI is InChI=1S/C16H31N3O/c1-14(2)10-12(11-15(3,4)19-14)18-13(20)16(5)6-8-17-9-7-16/h12,17,19H,6-11H2,1-5H3,(H,18,20). The van der Waals surface area contributed by atoms with E-state index in [0.717, 1.165) is 38.8 Å². The summed E-state index contributed by atoms with van der Waals surface area (Å²) in [7, 11) is 0. The molecule has 20 heavy (non-hydrogen) atoms. The molecule has 4 heteroatoms. The topological polar surface area (TPSA) is 53.2 Å². The lowest BCUT2D eigenvalue weighted by molar-refractivity contribution is -0.132. The van der Waals surface area contributed by atoms with Crippen molar-refractivity contribution in [1.29, 1.82) is 0 Å². The van der Waals surface area contributed by atoms with Crippen LogP contribution in [0.3, 0.4) is 0 Å². The zero-order valence-corrected chi connectivity index (χ0v) is 13.7. The lowest BCUT2D eigenvalue weighted by atomic mass is 9.77. The molecular weight excluding hydrogens is 250 g/mol. The van der Waals surface area contributed by atoms with Gasteiger partial charge in [0.05, 0.1) is 0 Å². The lowest BCUT2D eigenvalue weighted by Crippen LogP contribution is -2.63. The zero-order valence-electron chi connectivity index (χ0n) is 13.7. The number of carbonyl (C=O) groups excluding carboxylic acids is 1. The van der Waals surface area contributed by atoms with Gasteiger partial charge in [-0.1, -0.05) is 6.92 Å². The molecule has 116 valence electrons. The van der Waals surface area contributed by atoms with Crippen LogP contribution in [0.2, 0.25) is 0 Å². The van der Waals surface area contributed by atoms with Gasteiger partial charge in [-0.15, -0.1) is 0 Å². The molecule has 0 aromatic rings. The fourth-order valence-electron chi connectivity index (χ4n) is 3.99. The van der Waals surface area contributed by atoms with Crippen LogP contribution >= 0.6 is 0 Å². The number of nitrogens with one attached hydrogen (secondary N) is 3. The number of amides is 1. The van der Waals surface area contributed by atoms with Gasteiger partial charge in [-0.25, -0.2) is 0 Å². The second kappa shape index (κ2) is 5.30. The summed E-state index contributed by atoms with van der Waals surface area (Å²) in [6.45, 7) is 12.9. The second-order valence-corrected chi connectivity index (χ2v) is 8.28. The Bertz CT molecular complexity index is 354. The summed E-state index contributed by atoms with van der Waals surface area (Å²) >= 11 is 0. The first-order valence-electron chi connectivity index (χ1n) is 7.93. The Morgan fingerprint density at radius 1 is 1.00 bits per heavy atom. The van der Waals surface area contributed by atoms with Gasteiger partial charge in [0, 0.05) is 22.5 Å². The molecular formula is C16H31N3O. The predicted octanol–water partition coefficient (Wildman–Crippen LogP) is 1.80. The predicted molar refractivity (Wildman–Crippen MR) is 82.7 cm³/mol. The normalized spacial score (nSPS) is 28.9. The van der Waals surface area contributed by atoms with Crippen LogP contribution in [0, 0.1) is 5.41 Å². The van der Waals surface area contributed by atoms with E-state index >= 15 is 0 Å². The number of rotatable bonds is 2. The molecule has 0 saturated carbocycles. The molecule has 2 heterocycles. The SMILES string of the molecule is CC1(C)CC(NC(=O)C2(C)CCNCC2)CC(C)(C)N1. The minimum Gasteiger partial charge on any atom is -0.353 e. The van der Waals surface area contributed by atoms with Crippen LogP contribution in [0.15, 0.2) is 0 Å². The zero-order chi connectivity index (χ0) is 15.0. The Hall–Kier alpha value is -0.610. The summed E-state index contributed by atoms with van der Waals surface area (Å²) in [6, 6.07) is 0.278. The molecule has 3 N–H and O–H groups in total. The molecule has 0 unspecified atom stereocenters. The Balaban J connectivity index is 2.00. The highest BCUT2D eigenvalue weighted by Gasteiger charge is 2.41. The van der Waals surface area contributed by atoms with Crippen LogP contribution in [0.5, 0.6) is 0 Å². The number of hydrogen-bond donors (Lipinski definition) is 3. The van der Waals surface area contributed by atoms with Gasteiger partial charge in [0.15, 0.2) is 0 Å². The van der Waals surface area contributed by atoms with Crippen molar-refractivity contribution in [2.24, 2.45) is 5.41 Å². The monoisotopic (exact) mass is 281 g/mol. The average Bonchev–Trinajstić information content (AvgIpc) is 2.25. The molecule has 0 aromatic carbocycles. The van der Waals surface area contributed by atoms with E-state index in [9.17, 15) is 4.79 Å². The van der Waals surface area contributed by atoms with Crippen molar-refractivity contribution in [2.75, 3.05) is 13.1 Å². The maximum absolute atomic E-state index is 12.7. The maximum Gasteiger partial charge on any atom is 0.226 e. The fraction of sp³-hybridized carbons (Fsp3) is 0.938. The van der Waals surface area contributed by atoms with E-state index in [1.54, 1.807) is 0 Å². The van der Waals surface area contributed by atoms with Gasteiger partial charge in [-0.05, 0) is 66.5 Å². The van der Waals surface area contributed by atoms with Gasteiger partial charge in [0.2, 0.25) is 5.91 Å². The summed E-state index contributed by atoms with van der Waals surface area (Å²) in [6.07, 6.45) is 3.88. The van der Waals surface area contributed by atoms with Crippen molar-refractivity contribution in [3.05, 3.63) is 0 Å². The third-order valence-corrected chi connectivity index (χ3v) is 4.78. The van der Waals surface area contributed by atoms with Crippen LogP contribution in [-0.4, -0.2) is 36.1 Å². The van der Waals surface area contributed by atoms with E-state index in [1.165, 1.54) is 0 Å². The van der Waals surface area contributed by atoms with Crippen LogP contribution in [0.4, 0.5) is 0 Å². The molecule has 2 aliphatic heterocycles.